The van der Waals surface area contributed by atoms with Crippen LogP contribution >= 0.6 is 9.90 Å². The van der Waals surface area contributed by atoms with E-state index in [0.717, 1.165) is 0 Å². The molecule has 0 aliphatic heterocycles. The van der Waals surface area contributed by atoms with Crippen molar-refractivity contribution in [3.63, 3.8) is 0 Å². The molecule has 1 atom stereocenters. The molecule has 0 saturated heterocycles. The van der Waals surface area contributed by atoms with Gasteiger partial charge in [0.2, 0.25) is 0 Å². The maximum atomic E-state index is 3.10. The van der Waals surface area contributed by atoms with Gasteiger partial charge >= 0.3 is 0 Å². The Morgan fingerprint density at radius 2 is 1.80 bits per heavy atom. The van der Waals surface area contributed by atoms with Crippen LogP contribution in [0.3, 0.4) is 0 Å². The van der Waals surface area contributed by atoms with Crippen molar-refractivity contribution in [1.82, 2.24) is 0 Å². The molecular formula is C8H14NP. The summed E-state index contributed by atoms with van der Waals surface area (Å²) in [6.07, 6.45) is 0. The van der Waals surface area contributed by atoms with Gasteiger partial charge in [0, 0.05) is 12.7 Å². The molecule has 0 aliphatic rings. The van der Waals surface area contributed by atoms with Crippen LogP contribution < -0.4 is 5.32 Å². The second kappa shape index (κ2) is 4.29. The average Bonchev–Trinajstić information content (AvgIpc) is 1.89. The third-order valence-electron chi connectivity index (χ3n) is 1.41. The molecule has 0 fully saturated rings. The van der Waals surface area contributed by atoms with Crippen molar-refractivity contribution in [2.45, 2.75) is 6.92 Å². The molecule has 1 aromatic carbocycles. The van der Waals surface area contributed by atoms with Crippen molar-refractivity contribution in [2.24, 2.45) is 0 Å². The Balaban J connectivity index is 0.000000810. The van der Waals surface area contributed by atoms with Crippen molar-refractivity contribution in [1.29, 1.82) is 0 Å². The highest BCUT2D eigenvalue weighted by Gasteiger charge is 1.88. The molecule has 56 valence electrons. The molecule has 0 heterocycles. The molecule has 1 rings (SSSR count). The standard InChI is InChI=1S/C8H11N.H3P/c1-7-5-3-4-6-8(7)9-2;/h3-6,9H,1-2H3;1H3. The van der Waals surface area contributed by atoms with Crippen LogP contribution in [0.15, 0.2) is 24.3 Å². The first-order valence-electron chi connectivity index (χ1n) is 3.08. The summed E-state index contributed by atoms with van der Waals surface area (Å²) in [5, 5.41) is 3.10. The highest BCUT2D eigenvalue weighted by molar-refractivity contribution is 6.92. The Hall–Kier alpha value is -0.550. The molecule has 1 N–H and O–H groups in total. The van der Waals surface area contributed by atoms with Crippen LogP contribution in [-0.4, -0.2) is 7.05 Å². The van der Waals surface area contributed by atoms with Gasteiger partial charge in [0.25, 0.3) is 0 Å². The minimum Gasteiger partial charge on any atom is -0.388 e. The summed E-state index contributed by atoms with van der Waals surface area (Å²) in [7, 11) is 1.93. The second-order valence-corrected chi connectivity index (χ2v) is 2.06. The predicted octanol–water partition coefficient (Wildman–Crippen LogP) is 2.09. The number of anilines is 1. The third-order valence-corrected chi connectivity index (χ3v) is 1.41. The summed E-state index contributed by atoms with van der Waals surface area (Å²) in [6, 6.07) is 8.22. The van der Waals surface area contributed by atoms with Crippen molar-refractivity contribution >= 4 is 15.6 Å². The first kappa shape index (κ1) is 9.45. The molecule has 10 heavy (non-hydrogen) atoms. The molecule has 0 spiro atoms. The zero-order valence-electron chi connectivity index (χ0n) is 6.52. The van der Waals surface area contributed by atoms with Gasteiger partial charge in [0.15, 0.2) is 0 Å². The topological polar surface area (TPSA) is 12.0 Å². The molecule has 0 radical (unpaired) electrons. The van der Waals surface area contributed by atoms with Crippen LogP contribution in [0.25, 0.3) is 0 Å². The second-order valence-electron chi connectivity index (χ2n) is 2.06. The average molecular weight is 155 g/mol. The lowest BCUT2D eigenvalue weighted by atomic mass is 10.2. The van der Waals surface area contributed by atoms with Gasteiger partial charge in [-0.15, -0.1) is 0 Å². The molecule has 0 amide bonds. The maximum Gasteiger partial charge on any atom is 0.0367 e. The molecule has 1 unspecified atom stereocenters. The van der Waals surface area contributed by atoms with Gasteiger partial charge in [-0.3, -0.25) is 0 Å². The van der Waals surface area contributed by atoms with E-state index in [1.54, 1.807) is 0 Å². The molecule has 0 bridgehead atoms. The van der Waals surface area contributed by atoms with E-state index >= 15 is 0 Å². The third kappa shape index (κ3) is 2.00. The van der Waals surface area contributed by atoms with Gasteiger partial charge in [-0.1, -0.05) is 18.2 Å². The Labute approximate surface area is 65.5 Å². The fourth-order valence-corrected chi connectivity index (χ4v) is 0.853. The van der Waals surface area contributed by atoms with E-state index in [2.05, 4.69) is 24.4 Å². The summed E-state index contributed by atoms with van der Waals surface area (Å²) in [5.74, 6) is 0. The van der Waals surface area contributed by atoms with Crippen LogP contribution in [0, 0.1) is 6.92 Å². The van der Waals surface area contributed by atoms with Crippen LogP contribution in [0.1, 0.15) is 5.56 Å². The van der Waals surface area contributed by atoms with E-state index < -0.39 is 0 Å². The highest BCUT2D eigenvalue weighted by Crippen LogP contribution is 2.10. The van der Waals surface area contributed by atoms with Gasteiger partial charge in [-0.05, 0) is 18.6 Å². The van der Waals surface area contributed by atoms with E-state index in [1.165, 1.54) is 11.3 Å². The molecule has 0 aliphatic carbocycles. The highest BCUT2D eigenvalue weighted by atomic mass is 31.0. The predicted molar refractivity (Wildman–Crippen MR) is 51.8 cm³/mol. The van der Waals surface area contributed by atoms with E-state index in [0.29, 0.717) is 0 Å². The number of aryl methyl sites for hydroxylation is 1. The molecule has 0 saturated carbocycles. The van der Waals surface area contributed by atoms with Crippen molar-refractivity contribution < 1.29 is 0 Å². The smallest absolute Gasteiger partial charge is 0.0367 e. The number of para-hydroxylation sites is 1. The van der Waals surface area contributed by atoms with Gasteiger partial charge in [0.05, 0.1) is 0 Å². The summed E-state index contributed by atoms with van der Waals surface area (Å²) in [5.41, 5.74) is 2.50. The van der Waals surface area contributed by atoms with E-state index in [4.69, 9.17) is 0 Å². The number of hydrogen-bond donors (Lipinski definition) is 1. The first-order chi connectivity index (χ1) is 4.34. The maximum absolute atomic E-state index is 3.10. The molecule has 2 heteroatoms. The minimum atomic E-state index is 0. The van der Waals surface area contributed by atoms with Gasteiger partial charge in [0.1, 0.15) is 0 Å². The lowest BCUT2D eigenvalue weighted by molar-refractivity contribution is 1.41. The normalized spacial score (nSPS) is 8.20. The monoisotopic (exact) mass is 155 g/mol. The van der Waals surface area contributed by atoms with Crippen LogP contribution in [0.4, 0.5) is 5.69 Å². The van der Waals surface area contributed by atoms with Gasteiger partial charge < -0.3 is 5.32 Å². The Morgan fingerprint density at radius 1 is 1.20 bits per heavy atom. The zero-order chi connectivity index (χ0) is 6.69. The summed E-state index contributed by atoms with van der Waals surface area (Å²) < 4.78 is 0. The van der Waals surface area contributed by atoms with Crippen molar-refractivity contribution in [3.8, 4) is 0 Å². The molecule has 0 aromatic heterocycles. The SMILES string of the molecule is CNc1ccccc1C.P. The molecular weight excluding hydrogens is 141 g/mol. The fraction of sp³-hybridized carbons (Fsp3) is 0.250. The fourth-order valence-electron chi connectivity index (χ4n) is 0.853. The summed E-state index contributed by atoms with van der Waals surface area (Å²) in [6.45, 7) is 2.09. The van der Waals surface area contributed by atoms with Crippen LogP contribution in [-0.2, 0) is 0 Å². The zero-order valence-corrected chi connectivity index (χ0v) is 7.93. The summed E-state index contributed by atoms with van der Waals surface area (Å²) in [4.78, 5) is 0. The largest absolute Gasteiger partial charge is 0.388 e. The number of nitrogens with one attached hydrogen (secondary N) is 1. The summed E-state index contributed by atoms with van der Waals surface area (Å²) >= 11 is 0. The Morgan fingerprint density at radius 3 is 2.20 bits per heavy atom. The van der Waals surface area contributed by atoms with E-state index in [1.807, 2.05) is 19.2 Å². The van der Waals surface area contributed by atoms with Gasteiger partial charge in [-0.25, -0.2) is 0 Å². The van der Waals surface area contributed by atoms with Gasteiger partial charge in [-0.2, -0.15) is 9.90 Å². The van der Waals surface area contributed by atoms with Crippen molar-refractivity contribution in [2.75, 3.05) is 12.4 Å². The van der Waals surface area contributed by atoms with Crippen molar-refractivity contribution in [3.05, 3.63) is 29.8 Å². The number of benzene rings is 1. The minimum absolute atomic E-state index is 0. The lowest BCUT2D eigenvalue weighted by Crippen LogP contribution is -1.89. The quantitative estimate of drug-likeness (QED) is 0.612. The number of hydrogen-bond acceptors (Lipinski definition) is 1. The molecule has 1 nitrogen and oxygen atoms in total. The van der Waals surface area contributed by atoms with E-state index in [-0.39, 0.29) is 9.90 Å². The first-order valence-corrected chi connectivity index (χ1v) is 3.08. The Kier molecular flexibility index (Phi) is 4.06. The Bertz CT molecular complexity index is 198. The molecule has 1 aromatic rings. The number of rotatable bonds is 1. The van der Waals surface area contributed by atoms with E-state index in [9.17, 15) is 0 Å². The lowest BCUT2D eigenvalue weighted by Gasteiger charge is -2.01. The van der Waals surface area contributed by atoms with Crippen LogP contribution in [0.2, 0.25) is 0 Å². The van der Waals surface area contributed by atoms with Crippen LogP contribution in [0.5, 0.6) is 0 Å².